The van der Waals surface area contributed by atoms with Crippen LogP contribution in [0.4, 0.5) is 0 Å². The molecule has 23 heavy (non-hydrogen) atoms. The van der Waals surface area contributed by atoms with Crippen LogP contribution in [0.1, 0.15) is 30.5 Å². The number of aryl methyl sites for hydroxylation is 1. The molecular formula is C17H20N4O2. The van der Waals surface area contributed by atoms with Gasteiger partial charge in [-0.3, -0.25) is 4.98 Å². The van der Waals surface area contributed by atoms with Crippen molar-refractivity contribution in [2.24, 2.45) is 10.7 Å². The summed E-state index contributed by atoms with van der Waals surface area (Å²) in [5.41, 5.74) is 7.21. The van der Waals surface area contributed by atoms with E-state index >= 15 is 0 Å². The second-order valence-electron chi connectivity index (χ2n) is 6.37. The fraction of sp³-hybridized carbons (Fsp3) is 0.412. The zero-order chi connectivity index (χ0) is 16.2. The van der Waals surface area contributed by atoms with Crippen molar-refractivity contribution >= 4 is 5.96 Å². The smallest absolute Gasteiger partial charge is 0.221 e. The van der Waals surface area contributed by atoms with Crippen LogP contribution in [0.2, 0.25) is 0 Å². The van der Waals surface area contributed by atoms with Crippen LogP contribution in [0.3, 0.4) is 0 Å². The molecule has 1 aromatic rings. The Morgan fingerprint density at radius 3 is 2.96 bits per heavy atom. The molecule has 1 saturated heterocycles. The number of fused-ring (bicyclic) bond motifs is 2. The number of ether oxygens (including phenoxy) is 1. The molecule has 1 aliphatic carbocycles. The Kier molecular flexibility index (Phi) is 2.84. The SMILES string of the molecule is C=C1OC2(CCCc3ncccc32)CC2(N=C(N)N(C)O2)C1=C. The van der Waals surface area contributed by atoms with Crippen LogP contribution in [0.25, 0.3) is 0 Å². The van der Waals surface area contributed by atoms with Gasteiger partial charge < -0.3 is 10.5 Å². The van der Waals surface area contributed by atoms with Crippen molar-refractivity contribution < 1.29 is 9.57 Å². The van der Waals surface area contributed by atoms with Crippen LogP contribution in [-0.4, -0.2) is 28.8 Å². The fourth-order valence-corrected chi connectivity index (χ4v) is 3.81. The molecular weight excluding hydrogens is 292 g/mol. The monoisotopic (exact) mass is 312 g/mol. The first kappa shape index (κ1) is 14.3. The second-order valence-corrected chi connectivity index (χ2v) is 6.37. The maximum absolute atomic E-state index is 6.27. The van der Waals surface area contributed by atoms with Gasteiger partial charge in [-0.2, -0.15) is 0 Å². The van der Waals surface area contributed by atoms with Gasteiger partial charge in [0.2, 0.25) is 11.7 Å². The van der Waals surface area contributed by atoms with E-state index in [1.165, 1.54) is 5.06 Å². The van der Waals surface area contributed by atoms with Crippen molar-refractivity contribution in [1.29, 1.82) is 0 Å². The first-order valence-corrected chi connectivity index (χ1v) is 7.76. The van der Waals surface area contributed by atoms with Crippen molar-refractivity contribution in [3.05, 3.63) is 54.1 Å². The maximum Gasteiger partial charge on any atom is 0.221 e. The molecule has 0 amide bonds. The summed E-state index contributed by atoms with van der Waals surface area (Å²) in [5.74, 6) is 0.832. The first-order chi connectivity index (χ1) is 11.0. The highest BCUT2D eigenvalue weighted by molar-refractivity contribution is 5.79. The van der Waals surface area contributed by atoms with E-state index in [4.69, 9.17) is 15.3 Å². The summed E-state index contributed by atoms with van der Waals surface area (Å²) >= 11 is 0. The average Bonchev–Trinajstić information content (AvgIpc) is 2.80. The number of aromatic nitrogens is 1. The van der Waals surface area contributed by atoms with Gasteiger partial charge in [-0.15, -0.1) is 0 Å². The highest BCUT2D eigenvalue weighted by Crippen LogP contribution is 2.53. The van der Waals surface area contributed by atoms with E-state index in [1.54, 1.807) is 7.05 Å². The van der Waals surface area contributed by atoms with Crippen LogP contribution < -0.4 is 5.73 Å². The van der Waals surface area contributed by atoms with Gasteiger partial charge in [0.15, 0.2) is 0 Å². The normalized spacial score (nSPS) is 32.9. The summed E-state index contributed by atoms with van der Waals surface area (Å²) in [6, 6.07) is 4.01. The summed E-state index contributed by atoms with van der Waals surface area (Å²) in [4.78, 5) is 15.0. The van der Waals surface area contributed by atoms with Gasteiger partial charge in [0.1, 0.15) is 11.4 Å². The Labute approximate surface area is 135 Å². The maximum atomic E-state index is 6.27. The van der Waals surface area contributed by atoms with E-state index in [9.17, 15) is 0 Å². The summed E-state index contributed by atoms with van der Waals surface area (Å²) in [6.45, 7) is 8.11. The Morgan fingerprint density at radius 1 is 1.39 bits per heavy atom. The van der Waals surface area contributed by atoms with Gasteiger partial charge in [0, 0.05) is 36.5 Å². The predicted octanol–water partition coefficient (Wildman–Crippen LogP) is 1.99. The number of rotatable bonds is 0. The highest BCUT2D eigenvalue weighted by atomic mass is 16.7. The molecule has 2 N–H and O–H groups in total. The van der Waals surface area contributed by atoms with Crippen molar-refractivity contribution in [2.45, 2.75) is 37.0 Å². The lowest BCUT2D eigenvalue weighted by atomic mass is 9.73. The van der Waals surface area contributed by atoms with Gasteiger partial charge in [-0.05, 0) is 25.3 Å². The zero-order valence-electron chi connectivity index (χ0n) is 13.2. The summed E-state index contributed by atoms with van der Waals surface area (Å²) < 4.78 is 6.27. The Hall–Kier alpha value is -2.34. The minimum absolute atomic E-state index is 0.332. The molecule has 1 fully saturated rings. The minimum atomic E-state index is -0.946. The predicted molar refractivity (Wildman–Crippen MR) is 86.0 cm³/mol. The molecule has 2 spiro atoms. The third kappa shape index (κ3) is 1.91. The standard InChI is InChI=1S/C17H20N4O2/c1-11-12(2)22-16(10-17(11)20-15(18)21(3)23-17)8-4-7-14-13(16)6-5-9-19-14/h5-6,9H,1-2,4,7-8,10H2,3H3,(H2,18,20). The average molecular weight is 312 g/mol. The zero-order valence-corrected chi connectivity index (χ0v) is 13.2. The largest absolute Gasteiger partial charge is 0.482 e. The molecule has 6 heteroatoms. The van der Waals surface area contributed by atoms with E-state index in [-0.39, 0.29) is 0 Å². The van der Waals surface area contributed by atoms with Gasteiger partial charge >= 0.3 is 0 Å². The number of pyridine rings is 1. The topological polar surface area (TPSA) is 73.0 Å². The Bertz CT molecular complexity index is 744. The van der Waals surface area contributed by atoms with Crippen molar-refractivity contribution in [1.82, 2.24) is 10.0 Å². The van der Waals surface area contributed by atoms with Crippen LogP contribution in [0, 0.1) is 0 Å². The minimum Gasteiger partial charge on any atom is -0.482 e. The lowest BCUT2D eigenvalue weighted by Crippen LogP contribution is -2.49. The lowest BCUT2D eigenvalue weighted by Gasteiger charge is -2.48. The number of guanidine groups is 1. The number of hydrogen-bond donors (Lipinski definition) is 1. The quantitative estimate of drug-likeness (QED) is 0.793. The molecule has 0 saturated carbocycles. The lowest BCUT2D eigenvalue weighted by molar-refractivity contribution is -0.197. The molecule has 3 heterocycles. The van der Waals surface area contributed by atoms with E-state index in [2.05, 4.69) is 29.2 Å². The van der Waals surface area contributed by atoms with Crippen molar-refractivity contribution in [3.63, 3.8) is 0 Å². The number of nitrogens with zero attached hydrogens (tertiary/aromatic N) is 3. The van der Waals surface area contributed by atoms with Gasteiger partial charge in [0.25, 0.3) is 0 Å². The Morgan fingerprint density at radius 2 is 2.22 bits per heavy atom. The van der Waals surface area contributed by atoms with Crippen LogP contribution in [-0.2, 0) is 21.6 Å². The molecule has 2 aliphatic heterocycles. The second kappa shape index (κ2) is 4.58. The number of nitrogens with two attached hydrogens (primary N) is 1. The van der Waals surface area contributed by atoms with E-state index < -0.39 is 11.3 Å². The fourth-order valence-electron chi connectivity index (χ4n) is 3.81. The summed E-state index contributed by atoms with van der Waals surface area (Å²) in [7, 11) is 1.74. The van der Waals surface area contributed by atoms with E-state index in [0.717, 1.165) is 30.5 Å². The molecule has 2 unspecified atom stereocenters. The molecule has 0 aromatic carbocycles. The molecule has 1 aromatic heterocycles. The third-order valence-electron chi connectivity index (χ3n) is 4.93. The van der Waals surface area contributed by atoms with Gasteiger partial charge in [-0.1, -0.05) is 19.2 Å². The van der Waals surface area contributed by atoms with Crippen molar-refractivity contribution in [3.8, 4) is 0 Å². The Balaban J connectivity index is 1.84. The van der Waals surface area contributed by atoms with E-state index in [1.807, 2.05) is 12.3 Å². The summed E-state index contributed by atoms with van der Waals surface area (Å²) in [5, 5.41) is 1.48. The van der Waals surface area contributed by atoms with E-state index in [0.29, 0.717) is 23.7 Å². The van der Waals surface area contributed by atoms with Crippen LogP contribution >= 0.6 is 0 Å². The van der Waals surface area contributed by atoms with Crippen LogP contribution in [0.5, 0.6) is 0 Å². The molecule has 0 bridgehead atoms. The molecule has 3 aliphatic rings. The molecule has 4 rings (SSSR count). The number of hydrogen-bond acceptors (Lipinski definition) is 6. The molecule has 120 valence electrons. The van der Waals surface area contributed by atoms with Crippen molar-refractivity contribution in [2.75, 3.05) is 7.05 Å². The van der Waals surface area contributed by atoms with Crippen LogP contribution in [0.15, 0.2) is 47.8 Å². The first-order valence-electron chi connectivity index (χ1n) is 7.76. The third-order valence-corrected chi connectivity index (χ3v) is 4.93. The number of aliphatic imine (C=N–C) groups is 1. The molecule has 0 radical (unpaired) electrons. The van der Waals surface area contributed by atoms with Gasteiger partial charge in [0.05, 0.1) is 0 Å². The van der Waals surface area contributed by atoms with Gasteiger partial charge in [-0.25, -0.2) is 14.9 Å². The highest BCUT2D eigenvalue weighted by Gasteiger charge is 2.56. The molecule has 6 nitrogen and oxygen atoms in total. The molecule has 2 atom stereocenters. The summed E-state index contributed by atoms with van der Waals surface area (Å²) in [6.07, 6.45) is 5.15. The number of hydroxylamine groups is 2.